The Morgan fingerprint density at radius 1 is 1.47 bits per heavy atom. The second-order valence-electron chi connectivity index (χ2n) is 4.45. The first-order chi connectivity index (χ1) is 8.31. The van der Waals surface area contributed by atoms with Crippen molar-refractivity contribution >= 4 is 15.9 Å². The molecule has 1 heterocycles. The smallest absolute Gasteiger partial charge is 0.0576 e. The second-order valence-corrected chi connectivity index (χ2v) is 5.31. The summed E-state index contributed by atoms with van der Waals surface area (Å²) in [5, 5.41) is 0. The fourth-order valence-electron chi connectivity index (χ4n) is 2.31. The van der Waals surface area contributed by atoms with Gasteiger partial charge in [-0.15, -0.1) is 0 Å². The summed E-state index contributed by atoms with van der Waals surface area (Å²) in [6.07, 6.45) is 4.88. The number of nitrogens with one attached hydrogen (secondary N) is 1. The van der Waals surface area contributed by atoms with Crippen LogP contribution in [0.25, 0.3) is 0 Å². The van der Waals surface area contributed by atoms with Crippen LogP contribution in [0.1, 0.15) is 37.3 Å². The van der Waals surface area contributed by atoms with Crippen molar-refractivity contribution in [2.75, 3.05) is 6.61 Å². The molecule has 0 spiro atoms. The number of rotatable bonds is 5. The average molecular weight is 299 g/mol. The molecular formula is C13H19BrN2O. The fourth-order valence-corrected chi connectivity index (χ4v) is 2.87. The molecule has 0 aliphatic carbocycles. The van der Waals surface area contributed by atoms with E-state index in [0.717, 1.165) is 23.9 Å². The summed E-state index contributed by atoms with van der Waals surface area (Å²) >= 11 is 3.56. The number of hydrogen-bond donors (Lipinski definition) is 2. The molecule has 4 heteroatoms. The van der Waals surface area contributed by atoms with Crippen LogP contribution in [-0.4, -0.2) is 12.7 Å². The number of benzene rings is 1. The van der Waals surface area contributed by atoms with Crippen molar-refractivity contribution < 1.29 is 4.74 Å². The number of hydrazine groups is 1. The maximum absolute atomic E-state index is 5.65. The van der Waals surface area contributed by atoms with Crippen molar-refractivity contribution in [1.82, 2.24) is 5.43 Å². The largest absolute Gasteiger partial charge is 0.378 e. The molecular weight excluding hydrogens is 280 g/mol. The van der Waals surface area contributed by atoms with Crippen molar-refractivity contribution in [3.8, 4) is 0 Å². The van der Waals surface area contributed by atoms with Gasteiger partial charge >= 0.3 is 0 Å². The third-order valence-electron chi connectivity index (χ3n) is 3.28. The minimum Gasteiger partial charge on any atom is -0.378 e. The molecule has 1 aromatic rings. The van der Waals surface area contributed by atoms with Crippen LogP contribution in [-0.2, 0) is 4.74 Å². The topological polar surface area (TPSA) is 47.3 Å². The van der Waals surface area contributed by atoms with Gasteiger partial charge in [-0.05, 0) is 37.3 Å². The number of ether oxygens (including phenoxy) is 1. The third-order valence-corrected chi connectivity index (χ3v) is 4.01. The third kappa shape index (κ3) is 3.52. The lowest BCUT2D eigenvalue weighted by Gasteiger charge is -2.19. The molecule has 0 bridgehead atoms. The summed E-state index contributed by atoms with van der Waals surface area (Å²) < 4.78 is 6.74. The first kappa shape index (κ1) is 13.0. The molecule has 2 rings (SSSR count). The van der Waals surface area contributed by atoms with Crippen LogP contribution in [0.5, 0.6) is 0 Å². The number of hydrogen-bond acceptors (Lipinski definition) is 3. The van der Waals surface area contributed by atoms with Crippen LogP contribution < -0.4 is 11.3 Å². The summed E-state index contributed by atoms with van der Waals surface area (Å²) in [6.45, 7) is 0.917. The van der Waals surface area contributed by atoms with E-state index in [-0.39, 0.29) is 6.04 Å². The summed E-state index contributed by atoms with van der Waals surface area (Å²) in [4.78, 5) is 0. The molecule has 0 aromatic heterocycles. The SMILES string of the molecule is NNC(CCC1CCCO1)c1ccccc1Br. The van der Waals surface area contributed by atoms with E-state index in [9.17, 15) is 0 Å². The highest BCUT2D eigenvalue weighted by Crippen LogP contribution is 2.28. The van der Waals surface area contributed by atoms with Gasteiger partial charge in [-0.1, -0.05) is 34.1 Å². The van der Waals surface area contributed by atoms with Gasteiger partial charge in [0.25, 0.3) is 0 Å². The molecule has 17 heavy (non-hydrogen) atoms. The summed E-state index contributed by atoms with van der Waals surface area (Å²) in [6, 6.07) is 8.39. The van der Waals surface area contributed by atoms with Crippen LogP contribution in [0, 0.1) is 0 Å². The Balaban J connectivity index is 1.94. The van der Waals surface area contributed by atoms with Gasteiger partial charge in [-0.2, -0.15) is 0 Å². The highest BCUT2D eigenvalue weighted by atomic mass is 79.9. The Kier molecular flexibility index (Phi) is 4.98. The maximum Gasteiger partial charge on any atom is 0.0576 e. The van der Waals surface area contributed by atoms with Crippen molar-refractivity contribution in [2.24, 2.45) is 5.84 Å². The average Bonchev–Trinajstić information content (AvgIpc) is 2.85. The van der Waals surface area contributed by atoms with E-state index < -0.39 is 0 Å². The van der Waals surface area contributed by atoms with Gasteiger partial charge < -0.3 is 4.74 Å². The molecule has 0 amide bonds. The van der Waals surface area contributed by atoms with Gasteiger partial charge in [0.2, 0.25) is 0 Å². The van der Waals surface area contributed by atoms with E-state index in [2.05, 4.69) is 27.4 Å². The molecule has 2 atom stereocenters. The standard InChI is InChI=1S/C13H19BrN2O/c14-12-6-2-1-5-11(12)13(16-15)8-7-10-4-3-9-17-10/h1-2,5-6,10,13,16H,3-4,7-9,15H2. The molecule has 0 radical (unpaired) electrons. The predicted octanol–water partition coefficient (Wildman–Crippen LogP) is 2.91. The Hall–Kier alpha value is -0.420. The Bertz CT molecular complexity index is 353. The minimum atomic E-state index is 0.190. The van der Waals surface area contributed by atoms with Gasteiger partial charge in [-0.25, -0.2) is 0 Å². The Labute approximate surface area is 111 Å². The van der Waals surface area contributed by atoms with Crippen LogP contribution in [0.4, 0.5) is 0 Å². The zero-order valence-electron chi connectivity index (χ0n) is 9.86. The molecule has 3 nitrogen and oxygen atoms in total. The minimum absolute atomic E-state index is 0.190. The van der Waals surface area contributed by atoms with Gasteiger partial charge in [0, 0.05) is 17.1 Å². The predicted molar refractivity (Wildman–Crippen MR) is 72.4 cm³/mol. The zero-order valence-corrected chi connectivity index (χ0v) is 11.4. The lowest BCUT2D eigenvalue weighted by Crippen LogP contribution is -2.29. The van der Waals surface area contributed by atoms with E-state index in [0.29, 0.717) is 6.10 Å². The molecule has 1 saturated heterocycles. The molecule has 1 aromatic carbocycles. The summed E-state index contributed by atoms with van der Waals surface area (Å²) in [5.41, 5.74) is 4.11. The number of halogens is 1. The normalized spacial score (nSPS) is 21.6. The van der Waals surface area contributed by atoms with Crippen molar-refractivity contribution in [2.45, 2.75) is 37.8 Å². The molecule has 1 fully saturated rings. The highest BCUT2D eigenvalue weighted by Gasteiger charge is 2.19. The molecule has 1 aliphatic rings. The first-order valence-corrected chi connectivity index (χ1v) is 6.92. The lowest BCUT2D eigenvalue weighted by atomic mass is 10.00. The second kappa shape index (κ2) is 6.50. The number of nitrogens with two attached hydrogens (primary N) is 1. The van der Waals surface area contributed by atoms with E-state index >= 15 is 0 Å². The van der Waals surface area contributed by atoms with Crippen molar-refractivity contribution in [3.63, 3.8) is 0 Å². The summed E-state index contributed by atoms with van der Waals surface area (Å²) in [7, 11) is 0. The summed E-state index contributed by atoms with van der Waals surface area (Å²) in [5.74, 6) is 5.65. The molecule has 0 saturated carbocycles. The Morgan fingerprint density at radius 3 is 2.94 bits per heavy atom. The van der Waals surface area contributed by atoms with E-state index in [4.69, 9.17) is 10.6 Å². The molecule has 1 aliphatic heterocycles. The van der Waals surface area contributed by atoms with Gasteiger partial charge in [0.05, 0.1) is 6.10 Å². The quantitative estimate of drug-likeness (QED) is 0.649. The van der Waals surface area contributed by atoms with Crippen LogP contribution in [0.15, 0.2) is 28.7 Å². The zero-order chi connectivity index (χ0) is 12.1. The fraction of sp³-hybridized carbons (Fsp3) is 0.538. The maximum atomic E-state index is 5.65. The molecule has 3 N–H and O–H groups in total. The van der Waals surface area contributed by atoms with E-state index in [1.165, 1.54) is 18.4 Å². The molecule has 2 unspecified atom stereocenters. The van der Waals surface area contributed by atoms with Crippen LogP contribution >= 0.6 is 15.9 Å². The Morgan fingerprint density at radius 2 is 2.29 bits per heavy atom. The lowest BCUT2D eigenvalue weighted by molar-refractivity contribution is 0.0996. The van der Waals surface area contributed by atoms with Gasteiger partial charge in [0.15, 0.2) is 0 Å². The van der Waals surface area contributed by atoms with Gasteiger partial charge in [0.1, 0.15) is 0 Å². The molecule has 94 valence electrons. The van der Waals surface area contributed by atoms with Crippen molar-refractivity contribution in [1.29, 1.82) is 0 Å². The van der Waals surface area contributed by atoms with Gasteiger partial charge in [-0.3, -0.25) is 11.3 Å². The van der Waals surface area contributed by atoms with Crippen LogP contribution in [0.2, 0.25) is 0 Å². The van der Waals surface area contributed by atoms with E-state index in [1.807, 2.05) is 18.2 Å². The van der Waals surface area contributed by atoms with E-state index in [1.54, 1.807) is 0 Å². The monoisotopic (exact) mass is 298 g/mol. The van der Waals surface area contributed by atoms with Crippen molar-refractivity contribution in [3.05, 3.63) is 34.3 Å². The highest BCUT2D eigenvalue weighted by molar-refractivity contribution is 9.10. The van der Waals surface area contributed by atoms with Crippen LogP contribution in [0.3, 0.4) is 0 Å². The first-order valence-electron chi connectivity index (χ1n) is 6.13.